The second-order valence-corrected chi connectivity index (χ2v) is 8.97. The van der Waals surface area contributed by atoms with Crippen LogP contribution in [0.15, 0.2) is 0 Å². The number of nitrogens with two attached hydrogens (primary N) is 1. The molecule has 3 N–H and O–H groups in total. The maximum Gasteiger partial charge on any atom is 0.240 e. The molecule has 1 saturated carbocycles. The molecule has 1 atom stereocenters. The summed E-state index contributed by atoms with van der Waals surface area (Å²) in [6.07, 6.45) is 8.05. The van der Waals surface area contributed by atoms with Crippen LogP contribution in [-0.4, -0.2) is 66.1 Å². The molecule has 3 fully saturated rings. The first kappa shape index (κ1) is 18.2. The van der Waals surface area contributed by atoms with Crippen LogP contribution in [0.5, 0.6) is 0 Å². The van der Waals surface area contributed by atoms with Crippen LogP contribution in [0, 0.1) is 5.92 Å². The third-order valence-electron chi connectivity index (χ3n) is 6.44. The minimum absolute atomic E-state index is 0.0702. The number of carbonyl (C=O) groups excluding carboxylic acids is 1. The first-order chi connectivity index (χ1) is 11.4. The van der Waals surface area contributed by atoms with Crippen molar-refractivity contribution in [2.45, 2.75) is 69.9 Å². The van der Waals surface area contributed by atoms with Crippen molar-refractivity contribution in [3.63, 3.8) is 0 Å². The maximum absolute atomic E-state index is 12.2. The Morgan fingerprint density at radius 3 is 2.50 bits per heavy atom. The number of piperidine rings is 1. The lowest BCUT2D eigenvalue weighted by atomic mass is 9.77. The van der Waals surface area contributed by atoms with Gasteiger partial charge in [-0.25, -0.2) is 0 Å². The highest BCUT2D eigenvalue weighted by Gasteiger charge is 2.40. The monoisotopic (exact) mass is 336 g/mol. The number of amides is 1. The molecule has 2 saturated heterocycles. The second kappa shape index (κ2) is 7.30. The second-order valence-electron chi connectivity index (χ2n) is 8.97. The SMILES string of the molecule is CC(C)(CN1CC[C@@H](CNC(=O)C2(N)CCC2)C1)N1CCCCC1. The summed E-state index contributed by atoms with van der Waals surface area (Å²) in [5.74, 6) is 0.649. The fraction of sp³-hybridized carbons (Fsp3) is 0.947. The summed E-state index contributed by atoms with van der Waals surface area (Å²) in [5.41, 5.74) is 5.79. The zero-order valence-corrected chi connectivity index (χ0v) is 15.6. The Morgan fingerprint density at radius 2 is 1.88 bits per heavy atom. The standard InChI is InChI=1S/C19H36N4O/c1-18(2,23-10-4-3-5-11-23)15-22-12-7-16(14-22)13-21-17(24)19(20)8-6-9-19/h16H,3-15,20H2,1-2H3,(H,21,24)/t16-/m0/s1. The lowest BCUT2D eigenvalue weighted by Crippen LogP contribution is -2.59. The van der Waals surface area contributed by atoms with Gasteiger partial charge in [0, 0.05) is 25.2 Å². The van der Waals surface area contributed by atoms with E-state index in [9.17, 15) is 4.79 Å². The van der Waals surface area contributed by atoms with Gasteiger partial charge in [-0.1, -0.05) is 6.42 Å². The van der Waals surface area contributed by atoms with Gasteiger partial charge in [-0.15, -0.1) is 0 Å². The Balaban J connectivity index is 1.41. The van der Waals surface area contributed by atoms with Crippen LogP contribution in [0.1, 0.15) is 58.8 Å². The summed E-state index contributed by atoms with van der Waals surface area (Å²) < 4.78 is 0. The van der Waals surface area contributed by atoms with E-state index < -0.39 is 5.54 Å². The molecule has 0 aromatic heterocycles. The molecular formula is C19H36N4O. The first-order valence-corrected chi connectivity index (χ1v) is 9.94. The van der Waals surface area contributed by atoms with E-state index in [2.05, 4.69) is 29.0 Å². The molecule has 2 heterocycles. The number of carbonyl (C=O) groups is 1. The van der Waals surface area contributed by atoms with Crippen LogP contribution in [0.4, 0.5) is 0 Å². The minimum atomic E-state index is -0.561. The predicted molar refractivity (Wildman–Crippen MR) is 97.8 cm³/mol. The van der Waals surface area contributed by atoms with Gasteiger partial charge >= 0.3 is 0 Å². The highest BCUT2D eigenvalue weighted by molar-refractivity contribution is 5.86. The zero-order valence-electron chi connectivity index (χ0n) is 15.6. The molecule has 3 rings (SSSR count). The van der Waals surface area contributed by atoms with E-state index in [1.807, 2.05) is 0 Å². The van der Waals surface area contributed by atoms with Crippen molar-refractivity contribution in [2.24, 2.45) is 11.7 Å². The van der Waals surface area contributed by atoms with E-state index in [-0.39, 0.29) is 11.4 Å². The zero-order chi connectivity index (χ0) is 17.2. The number of likely N-dealkylation sites (tertiary alicyclic amines) is 2. The van der Waals surface area contributed by atoms with Gasteiger partial charge in [-0.05, 0) is 77.9 Å². The van der Waals surface area contributed by atoms with Crippen molar-refractivity contribution in [1.82, 2.24) is 15.1 Å². The van der Waals surface area contributed by atoms with Crippen molar-refractivity contribution in [3.05, 3.63) is 0 Å². The molecule has 3 aliphatic rings. The van der Waals surface area contributed by atoms with Crippen molar-refractivity contribution in [3.8, 4) is 0 Å². The summed E-state index contributed by atoms with van der Waals surface area (Å²) in [4.78, 5) is 17.4. The average molecular weight is 337 g/mol. The van der Waals surface area contributed by atoms with Crippen molar-refractivity contribution in [2.75, 3.05) is 39.3 Å². The van der Waals surface area contributed by atoms with Crippen LogP contribution < -0.4 is 11.1 Å². The van der Waals surface area contributed by atoms with Crippen molar-refractivity contribution in [1.29, 1.82) is 0 Å². The molecular weight excluding hydrogens is 300 g/mol. The number of rotatable bonds is 6. The van der Waals surface area contributed by atoms with E-state index in [0.717, 1.165) is 45.4 Å². The van der Waals surface area contributed by atoms with Gasteiger partial charge in [0.25, 0.3) is 0 Å². The molecule has 0 aromatic carbocycles. The molecule has 5 nitrogen and oxygen atoms in total. The number of nitrogens with zero attached hydrogens (tertiary/aromatic N) is 2. The fourth-order valence-electron chi connectivity index (χ4n) is 4.57. The summed E-state index contributed by atoms with van der Waals surface area (Å²) in [7, 11) is 0. The summed E-state index contributed by atoms with van der Waals surface area (Å²) in [5, 5.41) is 3.11. The Labute approximate surface area is 147 Å². The Bertz CT molecular complexity index is 441. The highest BCUT2D eigenvalue weighted by Crippen LogP contribution is 2.29. The van der Waals surface area contributed by atoms with Crippen molar-refractivity contribution >= 4 is 5.91 Å². The molecule has 0 unspecified atom stereocenters. The van der Waals surface area contributed by atoms with Crippen LogP contribution in [0.2, 0.25) is 0 Å². The Morgan fingerprint density at radius 1 is 1.17 bits per heavy atom. The third kappa shape index (κ3) is 4.12. The van der Waals surface area contributed by atoms with Crippen molar-refractivity contribution < 1.29 is 4.79 Å². The normalized spacial score (nSPS) is 28.5. The third-order valence-corrected chi connectivity index (χ3v) is 6.44. The number of hydrogen-bond donors (Lipinski definition) is 2. The summed E-state index contributed by atoms with van der Waals surface area (Å²) in [6.45, 7) is 11.5. The van der Waals surface area contributed by atoms with E-state index in [0.29, 0.717) is 5.92 Å². The lowest BCUT2D eigenvalue weighted by molar-refractivity contribution is -0.129. The van der Waals surface area contributed by atoms with E-state index in [4.69, 9.17) is 5.73 Å². The molecule has 1 amide bonds. The minimum Gasteiger partial charge on any atom is -0.354 e. The van der Waals surface area contributed by atoms with E-state index in [1.165, 1.54) is 38.8 Å². The predicted octanol–water partition coefficient (Wildman–Crippen LogP) is 1.57. The smallest absolute Gasteiger partial charge is 0.240 e. The first-order valence-electron chi connectivity index (χ1n) is 9.94. The quantitative estimate of drug-likeness (QED) is 0.773. The molecule has 24 heavy (non-hydrogen) atoms. The van der Waals surface area contributed by atoms with Crippen LogP contribution in [0.25, 0.3) is 0 Å². The lowest BCUT2D eigenvalue weighted by Gasteiger charge is -2.43. The number of hydrogen-bond acceptors (Lipinski definition) is 4. The van der Waals surface area contributed by atoms with Gasteiger partial charge < -0.3 is 16.0 Å². The fourth-order valence-corrected chi connectivity index (χ4v) is 4.57. The van der Waals surface area contributed by atoms with Gasteiger partial charge in [0.15, 0.2) is 0 Å². The molecule has 2 aliphatic heterocycles. The van der Waals surface area contributed by atoms with Crippen LogP contribution >= 0.6 is 0 Å². The molecule has 138 valence electrons. The molecule has 0 spiro atoms. The largest absolute Gasteiger partial charge is 0.354 e. The van der Waals surface area contributed by atoms with Gasteiger partial charge in [0.2, 0.25) is 5.91 Å². The Hall–Kier alpha value is -0.650. The van der Waals surface area contributed by atoms with Gasteiger partial charge in [-0.2, -0.15) is 0 Å². The summed E-state index contributed by atoms with van der Waals surface area (Å²) >= 11 is 0. The van der Waals surface area contributed by atoms with Crippen LogP contribution in [0.3, 0.4) is 0 Å². The van der Waals surface area contributed by atoms with E-state index >= 15 is 0 Å². The van der Waals surface area contributed by atoms with Crippen LogP contribution in [-0.2, 0) is 4.79 Å². The van der Waals surface area contributed by atoms with Gasteiger partial charge in [-0.3, -0.25) is 9.69 Å². The highest BCUT2D eigenvalue weighted by atomic mass is 16.2. The van der Waals surface area contributed by atoms with Gasteiger partial charge in [0.1, 0.15) is 0 Å². The topological polar surface area (TPSA) is 61.6 Å². The molecule has 0 radical (unpaired) electrons. The molecule has 5 heteroatoms. The Kier molecular flexibility index (Phi) is 5.52. The molecule has 0 aromatic rings. The van der Waals surface area contributed by atoms with E-state index in [1.54, 1.807) is 0 Å². The average Bonchev–Trinajstić information content (AvgIpc) is 2.98. The molecule has 0 bridgehead atoms. The maximum atomic E-state index is 12.2. The summed E-state index contributed by atoms with van der Waals surface area (Å²) in [6, 6.07) is 0. The number of nitrogens with one attached hydrogen (secondary N) is 1. The molecule has 1 aliphatic carbocycles. The van der Waals surface area contributed by atoms with Gasteiger partial charge in [0.05, 0.1) is 5.54 Å².